The quantitative estimate of drug-likeness (QED) is 0.793. The van der Waals surface area contributed by atoms with Crippen LogP contribution in [0.3, 0.4) is 0 Å². The number of alkyl halides is 3. The van der Waals surface area contributed by atoms with Crippen molar-refractivity contribution >= 4 is 29.1 Å². The zero-order valence-electron chi connectivity index (χ0n) is 10.7. The molecule has 0 fully saturated rings. The van der Waals surface area contributed by atoms with Gasteiger partial charge in [0.1, 0.15) is 5.82 Å². The molecule has 0 aliphatic heterocycles. The van der Waals surface area contributed by atoms with Crippen LogP contribution in [-0.2, 0) is 6.18 Å². The van der Waals surface area contributed by atoms with Gasteiger partial charge in [0.2, 0.25) is 0 Å². The SMILES string of the molecule is O=C(Nc1ccccc1F)Nc1ncc(C(F)(F)F)cc1Cl. The number of halogens is 5. The molecule has 0 atom stereocenters. The van der Waals surface area contributed by atoms with Crippen molar-refractivity contribution in [2.75, 3.05) is 10.6 Å². The molecular formula is C13H8ClF4N3O. The predicted molar refractivity (Wildman–Crippen MR) is 73.3 cm³/mol. The Labute approximate surface area is 127 Å². The molecule has 22 heavy (non-hydrogen) atoms. The van der Waals surface area contributed by atoms with E-state index in [2.05, 4.69) is 15.6 Å². The van der Waals surface area contributed by atoms with Crippen LogP contribution in [0.25, 0.3) is 0 Å². The van der Waals surface area contributed by atoms with Crippen molar-refractivity contribution in [2.45, 2.75) is 6.18 Å². The number of carbonyl (C=O) groups excluding carboxylic acids is 1. The number of hydrogen-bond donors (Lipinski definition) is 2. The summed E-state index contributed by atoms with van der Waals surface area (Å²) in [6.45, 7) is 0. The Morgan fingerprint density at radius 3 is 2.45 bits per heavy atom. The molecule has 0 saturated carbocycles. The van der Waals surface area contributed by atoms with Gasteiger partial charge in [0.25, 0.3) is 0 Å². The largest absolute Gasteiger partial charge is 0.417 e. The van der Waals surface area contributed by atoms with Crippen LogP contribution >= 0.6 is 11.6 Å². The molecule has 0 bridgehead atoms. The van der Waals surface area contributed by atoms with Crippen molar-refractivity contribution in [1.29, 1.82) is 0 Å². The number of para-hydroxylation sites is 1. The fourth-order valence-corrected chi connectivity index (χ4v) is 1.72. The number of benzene rings is 1. The Morgan fingerprint density at radius 1 is 1.18 bits per heavy atom. The molecule has 1 heterocycles. The Bertz CT molecular complexity index is 706. The number of nitrogens with zero attached hydrogens (tertiary/aromatic N) is 1. The summed E-state index contributed by atoms with van der Waals surface area (Å²) in [5, 5.41) is 3.93. The van der Waals surface area contributed by atoms with Gasteiger partial charge >= 0.3 is 12.2 Å². The van der Waals surface area contributed by atoms with Crippen LogP contribution in [0.1, 0.15) is 5.56 Å². The van der Waals surface area contributed by atoms with Crippen molar-refractivity contribution in [3.05, 3.63) is 52.9 Å². The number of carbonyl (C=O) groups is 1. The first-order chi connectivity index (χ1) is 10.3. The van der Waals surface area contributed by atoms with Gasteiger partial charge < -0.3 is 5.32 Å². The van der Waals surface area contributed by atoms with Gasteiger partial charge in [0, 0.05) is 6.20 Å². The second-order valence-corrected chi connectivity index (χ2v) is 4.52. The molecule has 2 N–H and O–H groups in total. The molecule has 4 nitrogen and oxygen atoms in total. The van der Waals surface area contributed by atoms with Gasteiger partial charge in [-0.15, -0.1) is 0 Å². The molecule has 1 aromatic carbocycles. The van der Waals surface area contributed by atoms with Gasteiger partial charge in [-0.3, -0.25) is 5.32 Å². The molecule has 0 aliphatic rings. The van der Waals surface area contributed by atoms with Crippen molar-refractivity contribution < 1.29 is 22.4 Å². The van der Waals surface area contributed by atoms with Crippen molar-refractivity contribution in [3.63, 3.8) is 0 Å². The van der Waals surface area contributed by atoms with E-state index in [1.807, 2.05) is 0 Å². The van der Waals surface area contributed by atoms with E-state index < -0.39 is 28.6 Å². The van der Waals surface area contributed by atoms with E-state index in [1.165, 1.54) is 18.2 Å². The fraction of sp³-hybridized carbons (Fsp3) is 0.0769. The summed E-state index contributed by atoms with van der Waals surface area (Å²) >= 11 is 5.63. The molecule has 0 spiro atoms. The summed E-state index contributed by atoms with van der Waals surface area (Å²) in [5.74, 6) is -0.937. The second-order valence-electron chi connectivity index (χ2n) is 4.11. The van der Waals surface area contributed by atoms with Gasteiger partial charge in [0.05, 0.1) is 16.3 Å². The molecular weight excluding hydrogens is 326 g/mol. The summed E-state index contributed by atoms with van der Waals surface area (Å²) in [7, 11) is 0. The van der Waals surface area contributed by atoms with E-state index in [1.54, 1.807) is 0 Å². The predicted octanol–water partition coefficient (Wildman–Crippen LogP) is 4.54. The van der Waals surface area contributed by atoms with E-state index in [9.17, 15) is 22.4 Å². The number of urea groups is 1. The number of nitrogens with one attached hydrogen (secondary N) is 2. The highest BCUT2D eigenvalue weighted by Crippen LogP contribution is 2.32. The molecule has 9 heteroatoms. The zero-order chi connectivity index (χ0) is 16.3. The highest BCUT2D eigenvalue weighted by atomic mass is 35.5. The number of aromatic nitrogens is 1. The van der Waals surface area contributed by atoms with E-state index in [4.69, 9.17) is 11.6 Å². The lowest BCUT2D eigenvalue weighted by atomic mass is 10.3. The summed E-state index contributed by atoms with van der Waals surface area (Å²) in [6, 6.07) is 5.14. The first-order valence-corrected chi connectivity index (χ1v) is 6.20. The van der Waals surface area contributed by atoms with Crippen molar-refractivity contribution in [1.82, 2.24) is 4.98 Å². The Kier molecular flexibility index (Phi) is 4.51. The average Bonchev–Trinajstić information content (AvgIpc) is 2.42. The molecule has 2 amide bonds. The minimum absolute atomic E-state index is 0.0944. The van der Waals surface area contributed by atoms with Crippen LogP contribution in [0.4, 0.5) is 33.9 Å². The Hall–Kier alpha value is -2.35. The maximum atomic E-state index is 13.3. The highest BCUT2D eigenvalue weighted by molar-refractivity contribution is 6.33. The van der Waals surface area contributed by atoms with Crippen LogP contribution in [0.2, 0.25) is 5.02 Å². The molecule has 1 aromatic heterocycles. The van der Waals surface area contributed by atoms with E-state index in [0.29, 0.717) is 12.3 Å². The fourth-order valence-electron chi connectivity index (χ4n) is 1.51. The minimum atomic E-state index is -4.59. The number of pyridine rings is 1. The lowest BCUT2D eigenvalue weighted by Gasteiger charge is -2.11. The van der Waals surface area contributed by atoms with Gasteiger partial charge in [-0.2, -0.15) is 13.2 Å². The number of anilines is 2. The van der Waals surface area contributed by atoms with E-state index in [-0.39, 0.29) is 11.5 Å². The maximum absolute atomic E-state index is 13.3. The third kappa shape index (κ3) is 3.85. The summed E-state index contributed by atoms with van der Waals surface area (Å²) < 4.78 is 50.7. The van der Waals surface area contributed by atoms with Gasteiger partial charge in [-0.25, -0.2) is 14.2 Å². The van der Waals surface area contributed by atoms with Crippen LogP contribution in [0.5, 0.6) is 0 Å². The van der Waals surface area contributed by atoms with Crippen LogP contribution < -0.4 is 10.6 Å². The molecule has 0 saturated heterocycles. The van der Waals surface area contributed by atoms with Crippen LogP contribution in [0.15, 0.2) is 36.5 Å². The van der Waals surface area contributed by atoms with Gasteiger partial charge in [0.15, 0.2) is 5.82 Å². The number of amides is 2. The molecule has 2 rings (SSSR count). The van der Waals surface area contributed by atoms with E-state index >= 15 is 0 Å². The number of rotatable bonds is 2. The third-order valence-electron chi connectivity index (χ3n) is 2.52. The van der Waals surface area contributed by atoms with Gasteiger partial charge in [-0.1, -0.05) is 23.7 Å². The molecule has 2 aromatic rings. The smallest absolute Gasteiger partial charge is 0.305 e. The third-order valence-corrected chi connectivity index (χ3v) is 2.81. The molecule has 116 valence electrons. The van der Waals surface area contributed by atoms with Crippen LogP contribution in [-0.4, -0.2) is 11.0 Å². The first kappa shape index (κ1) is 16.0. The minimum Gasteiger partial charge on any atom is -0.305 e. The number of hydrogen-bond acceptors (Lipinski definition) is 2. The summed E-state index contributed by atoms with van der Waals surface area (Å²) in [6.07, 6.45) is -4.06. The zero-order valence-corrected chi connectivity index (χ0v) is 11.5. The molecule has 0 aliphatic carbocycles. The van der Waals surface area contributed by atoms with Gasteiger partial charge in [-0.05, 0) is 18.2 Å². The van der Waals surface area contributed by atoms with Crippen LogP contribution in [0, 0.1) is 5.82 Å². The average molecular weight is 334 g/mol. The Balaban J connectivity index is 2.11. The van der Waals surface area contributed by atoms with E-state index in [0.717, 1.165) is 6.07 Å². The standard InChI is InChI=1S/C13H8ClF4N3O/c14-8-5-7(13(16,17)18)6-19-11(8)21-12(22)20-10-4-2-1-3-9(10)15/h1-6H,(H2,19,20,21,22). The van der Waals surface area contributed by atoms with Crippen molar-refractivity contribution in [3.8, 4) is 0 Å². The molecule has 0 unspecified atom stereocenters. The monoisotopic (exact) mass is 333 g/mol. The summed E-state index contributed by atoms with van der Waals surface area (Å²) in [5.41, 5.74) is -1.14. The second kappa shape index (κ2) is 6.18. The molecule has 0 radical (unpaired) electrons. The topological polar surface area (TPSA) is 54.0 Å². The normalized spacial score (nSPS) is 11.1. The Morgan fingerprint density at radius 2 is 1.86 bits per heavy atom. The lowest BCUT2D eigenvalue weighted by Crippen LogP contribution is -2.21. The summed E-state index contributed by atoms with van der Waals surface area (Å²) in [4.78, 5) is 15.1. The lowest BCUT2D eigenvalue weighted by molar-refractivity contribution is -0.137. The highest BCUT2D eigenvalue weighted by Gasteiger charge is 2.31. The maximum Gasteiger partial charge on any atom is 0.417 e. The first-order valence-electron chi connectivity index (χ1n) is 5.82. The van der Waals surface area contributed by atoms with Crippen molar-refractivity contribution in [2.24, 2.45) is 0 Å².